The van der Waals surface area contributed by atoms with Crippen LogP contribution in [0.2, 0.25) is 0 Å². The van der Waals surface area contributed by atoms with Crippen molar-refractivity contribution in [2.75, 3.05) is 19.6 Å². The molecule has 0 spiro atoms. The van der Waals surface area contributed by atoms with Gasteiger partial charge < -0.3 is 10.6 Å². The molecule has 1 saturated heterocycles. The van der Waals surface area contributed by atoms with Gasteiger partial charge in [0.25, 0.3) is 0 Å². The normalized spacial score (nSPS) is 19.0. The van der Waals surface area contributed by atoms with Gasteiger partial charge in [0, 0.05) is 13.1 Å². The van der Waals surface area contributed by atoms with Crippen molar-refractivity contribution in [2.24, 2.45) is 0 Å². The quantitative estimate of drug-likeness (QED) is 0.849. The topological polar surface area (TPSA) is 61.4 Å². The van der Waals surface area contributed by atoms with Crippen LogP contribution in [0, 0.1) is 0 Å². The van der Waals surface area contributed by atoms with Gasteiger partial charge >= 0.3 is 0 Å². The standard InChI is InChI=1S/C15H21N3O2/c1-11(13-6-4-3-5-7-13)17-15(20)12(2)18-9-8-16-14(19)10-18/h3-7,11-12H,8-10H2,1-2H3,(H,16,19)(H,17,20)/t11-,12+/m0/s1. The van der Waals surface area contributed by atoms with Crippen molar-refractivity contribution in [3.8, 4) is 0 Å². The summed E-state index contributed by atoms with van der Waals surface area (Å²) in [6.07, 6.45) is 0. The molecule has 1 heterocycles. The first-order valence-corrected chi connectivity index (χ1v) is 6.94. The number of rotatable bonds is 4. The van der Waals surface area contributed by atoms with E-state index in [9.17, 15) is 9.59 Å². The van der Waals surface area contributed by atoms with Gasteiger partial charge in [-0.1, -0.05) is 30.3 Å². The fourth-order valence-corrected chi connectivity index (χ4v) is 2.31. The summed E-state index contributed by atoms with van der Waals surface area (Å²) < 4.78 is 0. The zero-order valence-corrected chi connectivity index (χ0v) is 11.9. The van der Waals surface area contributed by atoms with Crippen LogP contribution >= 0.6 is 0 Å². The average Bonchev–Trinajstić information content (AvgIpc) is 2.47. The van der Waals surface area contributed by atoms with Crippen LogP contribution in [0.15, 0.2) is 30.3 Å². The van der Waals surface area contributed by atoms with Gasteiger partial charge in [-0.3, -0.25) is 14.5 Å². The van der Waals surface area contributed by atoms with E-state index in [0.29, 0.717) is 13.1 Å². The van der Waals surface area contributed by atoms with Crippen molar-refractivity contribution in [3.63, 3.8) is 0 Å². The molecule has 108 valence electrons. The Morgan fingerprint density at radius 3 is 2.65 bits per heavy atom. The van der Waals surface area contributed by atoms with E-state index in [-0.39, 0.29) is 30.4 Å². The van der Waals surface area contributed by atoms with E-state index < -0.39 is 0 Å². The Morgan fingerprint density at radius 1 is 1.30 bits per heavy atom. The molecule has 2 N–H and O–H groups in total. The molecule has 1 aromatic rings. The molecule has 1 aliphatic heterocycles. The number of piperazine rings is 1. The highest BCUT2D eigenvalue weighted by molar-refractivity contribution is 5.84. The van der Waals surface area contributed by atoms with E-state index in [1.54, 1.807) is 0 Å². The molecule has 0 aromatic heterocycles. The Labute approximate surface area is 119 Å². The molecule has 1 fully saturated rings. The highest BCUT2D eigenvalue weighted by Crippen LogP contribution is 2.12. The molecule has 1 aliphatic rings. The van der Waals surface area contributed by atoms with Gasteiger partial charge in [-0.05, 0) is 19.4 Å². The largest absolute Gasteiger partial charge is 0.354 e. The number of hydrogen-bond acceptors (Lipinski definition) is 3. The monoisotopic (exact) mass is 275 g/mol. The molecule has 5 heteroatoms. The first-order chi connectivity index (χ1) is 9.58. The van der Waals surface area contributed by atoms with E-state index in [1.807, 2.05) is 49.1 Å². The number of carbonyl (C=O) groups is 2. The number of amides is 2. The maximum absolute atomic E-state index is 12.2. The smallest absolute Gasteiger partial charge is 0.237 e. The highest BCUT2D eigenvalue weighted by atomic mass is 16.2. The molecule has 1 aromatic carbocycles. The van der Waals surface area contributed by atoms with Crippen LogP contribution in [0.3, 0.4) is 0 Å². The molecule has 20 heavy (non-hydrogen) atoms. The molecule has 0 aliphatic carbocycles. The molecule has 5 nitrogen and oxygen atoms in total. The van der Waals surface area contributed by atoms with Gasteiger partial charge in [0.2, 0.25) is 11.8 Å². The Morgan fingerprint density at radius 2 is 2.00 bits per heavy atom. The van der Waals surface area contributed by atoms with Gasteiger partial charge in [-0.2, -0.15) is 0 Å². The summed E-state index contributed by atoms with van der Waals surface area (Å²) in [4.78, 5) is 25.5. The van der Waals surface area contributed by atoms with Gasteiger partial charge in [0.05, 0.1) is 18.6 Å². The zero-order chi connectivity index (χ0) is 14.5. The SMILES string of the molecule is C[C@H](NC(=O)[C@@H](C)N1CCNC(=O)C1)c1ccccc1. The van der Waals surface area contributed by atoms with Gasteiger partial charge in [-0.25, -0.2) is 0 Å². The lowest BCUT2D eigenvalue weighted by molar-refractivity contribution is -0.130. The predicted octanol–water partition coefficient (Wildman–Crippen LogP) is 0.684. The van der Waals surface area contributed by atoms with E-state index in [0.717, 1.165) is 5.56 Å². The number of carbonyl (C=O) groups excluding carboxylic acids is 2. The lowest BCUT2D eigenvalue weighted by Crippen LogP contribution is -2.55. The molecule has 2 atom stereocenters. The van der Waals surface area contributed by atoms with Gasteiger partial charge in [0.15, 0.2) is 0 Å². The Kier molecular flexibility index (Phi) is 4.74. The lowest BCUT2D eigenvalue weighted by atomic mass is 10.1. The summed E-state index contributed by atoms with van der Waals surface area (Å²) in [5.41, 5.74) is 1.07. The molecule has 0 bridgehead atoms. The molecular formula is C15H21N3O2. The van der Waals surface area contributed by atoms with Crippen molar-refractivity contribution in [1.29, 1.82) is 0 Å². The third-order valence-corrected chi connectivity index (χ3v) is 3.65. The maximum atomic E-state index is 12.2. The second-order valence-electron chi connectivity index (χ2n) is 5.14. The van der Waals surface area contributed by atoms with Crippen molar-refractivity contribution >= 4 is 11.8 Å². The van der Waals surface area contributed by atoms with E-state index in [1.165, 1.54) is 0 Å². The summed E-state index contributed by atoms with van der Waals surface area (Å²) in [5.74, 6) is -0.0666. The number of hydrogen-bond donors (Lipinski definition) is 2. The first-order valence-electron chi connectivity index (χ1n) is 6.94. The van der Waals surface area contributed by atoms with Crippen LogP contribution in [0.25, 0.3) is 0 Å². The highest BCUT2D eigenvalue weighted by Gasteiger charge is 2.26. The molecule has 0 unspecified atom stereocenters. The van der Waals surface area contributed by atoms with Crippen LogP contribution in [-0.4, -0.2) is 42.4 Å². The van der Waals surface area contributed by atoms with Gasteiger partial charge in [0.1, 0.15) is 0 Å². The number of benzene rings is 1. The van der Waals surface area contributed by atoms with Crippen LogP contribution in [0.4, 0.5) is 0 Å². The number of nitrogens with one attached hydrogen (secondary N) is 2. The predicted molar refractivity (Wildman–Crippen MR) is 77.0 cm³/mol. The van der Waals surface area contributed by atoms with E-state index in [4.69, 9.17) is 0 Å². The van der Waals surface area contributed by atoms with Crippen molar-refractivity contribution in [3.05, 3.63) is 35.9 Å². The third-order valence-electron chi connectivity index (χ3n) is 3.65. The van der Waals surface area contributed by atoms with Crippen molar-refractivity contribution in [1.82, 2.24) is 15.5 Å². The minimum absolute atomic E-state index is 0.0213. The molecule has 0 radical (unpaired) electrons. The fraction of sp³-hybridized carbons (Fsp3) is 0.467. The van der Waals surface area contributed by atoms with Crippen LogP contribution in [0.5, 0.6) is 0 Å². The second kappa shape index (κ2) is 6.52. The molecule has 0 saturated carbocycles. The molecule has 2 amide bonds. The second-order valence-corrected chi connectivity index (χ2v) is 5.14. The van der Waals surface area contributed by atoms with Gasteiger partial charge in [-0.15, -0.1) is 0 Å². The summed E-state index contributed by atoms with van der Waals surface area (Å²) in [5, 5.41) is 5.76. The van der Waals surface area contributed by atoms with Crippen molar-refractivity contribution in [2.45, 2.75) is 25.9 Å². The maximum Gasteiger partial charge on any atom is 0.237 e. The molecule has 2 rings (SSSR count). The Balaban J connectivity index is 1.92. The third kappa shape index (κ3) is 3.57. The summed E-state index contributed by atoms with van der Waals surface area (Å²) in [6.45, 7) is 5.40. The minimum Gasteiger partial charge on any atom is -0.354 e. The Hall–Kier alpha value is -1.88. The van der Waals surface area contributed by atoms with E-state index >= 15 is 0 Å². The minimum atomic E-state index is -0.299. The van der Waals surface area contributed by atoms with Crippen LogP contribution < -0.4 is 10.6 Å². The fourth-order valence-electron chi connectivity index (χ4n) is 2.31. The number of nitrogens with zero attached hydrogens (tertiary/aromatic N) is 1. The summed E-state index contributed by atoms with van der Waals surface area (Å²) >= 11 is 0. The molecular weight excluding hydrogens is 254 g/mol. The summed E-state index contributed by atoms with van der Waals surface area (Å²) in [7, 11) is 0. The average molecular weight is 275 g/mol. The van der Waals surface area contributed by atoms with Crippen LogP contribution in [-0.2, 0) is 9.59 Å². The Bertz CT molecular complexity index is 475. The van der Waals surface area contributed by atoms with E-state index in [2.05, 4.69) is 10.6 Å². The summed E-state index contributed by atoms with van der Waals surface area (Å²) in [6, 6.07) is 9.50. The van der Waals surface area contributed by atoms with Crippen molar-refractivity contribution < 1.29 is 9.59 Å². The lowest BCUT2D eigenvalue weighted by Gasteiger charge is -2.31. The first kappa shape index (κ1) is 14.5. The zero-order valence-electron chi connectivity index (χ0n) is 11.9. The van der Waals surface area contributed by atoms with Crippen LogP contribution in [0.1, 0.15) is 25.5 Å².